The van der Waals surface area contributed by atoms with Crippen LogP contribution in [0.4, 0.5) is 0 Å². The van der Waals surface area contributed by atoms with Crippen LogP contribution in [0.3, 0.4) is 0 Å². The predicted molar refractivity (Wildman–Crippen MR) is 72.9 cm³/mol. The summed E-state index contributed by atoms with van der Waals surface area (Å²) in [6.45, 7) is 4.13. The van der Waals surface area contributed by atoms with Crippen LogP contribution < -0.4 is 0 Å². The van der Waals surface area contributed by atoms with Gasteiger partial charge in [-0.1, -0.05) is 17.7 Å². The lowest BCUT2D eigenvalue weighted by molar-refractivity contribution is 1.14. The van der Waals surface area contributed by atoms with E-state index in [4.69, 9.17) is 23.2 Å². The average molecular weight is 271 g/mol. The minimum absolute atomic E-state index is 0.155. The average Bonchev–Trinajstić information content (AvgIpc) is 2.75. The third-order valence-corrected chi connectivity index (χ3v) is 4.24. The molecule has 0 N–H and O–H groups in total. The molecule has 0 aliphatic heterocycles. The molecule has 0 aliphatic carbocycles. The number of hydrogen-bond donors (Lipinski definition) is 0. The van der Waals surface area contributed by atoms with Crippen LogP contribution in [0.5, 0.6) is 0 Å². The van der Waals surface area contributed by atoms with E-state index in [0.29, 0.717) is 0 Å². The number of rotatable bonds is 2. The first-order valence-electron chi connectivity index (χ1n) is 5.02. The molecule has 1 heterocycles. The monoisotopic (exact) mass is 270 g/mol. The van der Waals surface area contributed by atoms with Gasteiger partial charge >= 0.3 is 0 Å². The lowest BCUT2D eigenvalue weighted by Gasteiger charge is -2.13. The van der Waals surface area contributed by atoms with E-state index in [0.717, 1.165) is 16.1 Å². The standard InChI is InChI=1S/C13H12Cl2S/c1-8-5-11(12(14)6-9(8)2)13(15)10-3-4-16-7-10/h3-7,13H,1-2H3. The number of aryl methyl sites for hydroxylation is 2. The van der Waals surface area contributed by atoms with E-state index in [2.05, 4.69) is 25.3 Å². The van der Waals surface area contributed by atoms with Crippen molar-refractivity contribution < 1.29 is 0 Å². The number of hydrogen-bond acceptors (Lipinski definition) is 1. The molecule has 16 heavy (non-hydrogen) atoms. The molecule has 1 aromatic heterocycles. The van der Waals surface area contributed by atoms with Crippen molar-refractivity contribution in [3.63, 3.8) is 0 Å². The Morgan fingerprint density at radius 2 is 1.88 bits per heavy atom. The molecule has 1 unspecified atom stereocenters. The third-order valence-electron chi connectivity index (χ3n) is 2.72. The Labute approximate surface area is 110 Å². The Morgan fingerprint density at radius 3 is 2.50 bits per heavy atom. The Kier molecular flexibility index (Phi) is 3.58. The lowest BCUT2D eigenvalue weighted by atomic mass is 10.0. The van der Waals surface area contributed by atoms with E-state index in [1.54, 1.807) is 11.3 Å². The van der Waals surface area contributed by atoms with E-state index in [9.17, 15) is 0 Å². The summed E-state index contributed by atoms with van der Waals surface area (Å²) in [4.78, 5) is 0. The molecule has 1 atom stereocenters. The molecule has 3 heteroatoms. The van der Waals surface area contributed by atoms with Crippen molar-refractivity contribution in [1.29, 1.82) is 0 Å². The summed E-state index contributed by atoms with van der Waals surface area (Å²) in [5.41, 5.74) is 4.52. The summed E-state index contributed by atoms with van der Waals surface area (Å²) in [6, 6.07) is 6.09. The molecule has 0 radical (unpaired) electrons. The van der Waals surface area contributed by atoms with Gasteiger partial charge in [0.15, 0.2) is 0 Å². The highest BCUT2D eigenvalue weighted by Gasteiger charge is 2.15. The molecule has 1 aromatic carbocycles. The van der Waals surface area contributed by atoms with Crippen molar-refractivity contribution in [2.24, 2.45) is 0 Å². The molecule has 2 rings (SSSR count). The maximum atomic E-state index is 6.42. The fourth-order valence-electron chi connectivity index (χ4n) is 1.60. The SMILES string of the molecule is Cc1cc(Cl)c(C(Cl)c2ccsc2)cc1C. The van der Waals surface area contributed by atoms with Crippen molar-refractivity contribution in [1.82, 2.24) is 0 Å². The lowest BCUT2D eigenvalue weighted by Crippen LogP contribution is -1.95. The fourth-order valence-corrected chi connectivity index (χ4v) is 3.06. The molecule has 0 saturated carbocycles. The van der Waals surface area contributed by atoms with Gasteiger partial charge in [0.1, 0.15) is 0 Å². The Balaban J connectivity index is 2.44. The molecule has 0 amide bonds. The fraction of sp³-hybridized carbons (Fsp3) is 0.231. The van der Waals surface area contributed by atoms with Crippen molar-refractivity contribution in [3.8, 4) is 0 Å². The molecular weight excluding hydrogens is 259 g/mol. The summed E-state index contributed by atoms with van der Waals surface area (Å²) in [7, 11) is 0. The molecule has 0 bridgehead atoms. The number of halogens is 2. The van der Waals surface area contributed by atoms with Crippen molar-refractivity contribution >= 4 is 34.5 Å². The topological polar surface area (TPSA) is 0 Å². The maximum Gasteiger partial charge on any atom is 0.0857 e. The molecule has 0 aliphatic rings. The molecular formula is C13H12Cl2S. The van der Waals surface area contributed by atoms with Gasteiger partial charge in [-0.15, -0.1) is 11.6 Å². The van der Waals surface area contributed by atoms with E-state index in [1.807, 2.05) is 17.5 Å². The van der Waals surface area contributed by atoms with Crippen molar-refractivity contribution in [2.45, 2.75) is 19.2 Å². The Morgan fingerprint density at radius 1 is 1.19 bits per heavy atom. The summed E-state index contributed by atoms with van der Waals surface area (Å²) < 4.78 is 0. The van der Waals surface area contributed by atoms with Gasteiger partial charge in [-0.3, -0.25) is 0 Å². The first kappa shape index (κ1) is 12.0. The molecule has 0 nitrogen and oxygen atoms in total. The largest absolute Gasteiger partial charge is 0.152 e. The van der Waals surface area contributed by atoms with Gasteiger partial charge in [0, 0.05) is 5.02 Å². The Bertz CT molecular complexity index is 489. The highest BCUT2D eigenvalue weighted by molar-refractivity contribution is 7.08. The van der Waals surface area contributed by atoms with Gasteiger partial charge in [0.25, 0.3) is 0 Å². The summed E-state index contributed by atoms with van der Waals surface area (Å²) in [5.74, 6) is 0. The van der Waals surface area contributed by atoms with Crippen LogP contribution in [0.25, 0.3) is 0 Å². The second kappa shape index (κ2) is 4.79. The zero-order chi connectivity index (χ0) is 11.7. The van der Waals surface area contributed by atoms with E-state index >= 15 is 0 Å². The minimum atomic E-state index is -0.155. The van der Waals surface area contributed by atoms with E-state index in [1.165, 1.54) is 11.1 Å². The van der Waals surface area contributed by atoms with Gasteiger partial charge < -0.3 is 0 Å². The van der Waals surface area contributed by atoms with Crippen molar-refractivity contribution in [2.75, 3.05) is 0 Å². The summed E-state index contributed by atoms with van der Waals surface area (Å²) in [6.07, 6.45) is 0. The zero-order valence-corrected chi connectivity index (χ0v) is 11.5. The summed E-state index contributed by atoms with van der Waals surface area (Å²) >= 11 is 14.3. The van der Waals surface area contributed by atoms with Crippen LogP contribution in [0.2, 0.25) is 5.02 Å². The molecule has 0 saturated heterocycles. The molecule has 2 aromatic rings. The van der Waals surface area contributed by atoms with Crippen LogP contribution >= 0.6 is 34.5 Å². The van der Waals surface area contributed by atoms with Gasteiger partial charge in [-0.05, 0) is 59.0 Å². The minimum Gasteiger partial charge on any atom is -0.152 e. The van der Waals surface area contributed by atoms with Crippen LogP contribution in [0.15, 0.2) is 29.0 Å². The van der Waals surface area contributed by atoms with Gasteiger partial charge in [-0.2, -0.15) is 11.3 Å². The van der Waals surface area contributed by atoms with Gasteiger partial charge in [0.2, 0.25) is 0 Å². The van der Waals surface area contributed by atoms with E-state index in [-0.39, 0.29) is 5.38 Å². The molecule has 84 valence electrons. The molecule has 0 fully saturated rings. The first-order valence-corrected chi connectivity index (χ1v) is 6.78. The van der Waals surface area contributed by atoms with Crippen LogP contribution in [0, 0.1) is 13.8 Å². The summed E-state index contributed by atoms with van der Waals surface area (Å²) in [5, 5.41) is 4.68. The quantitative estimate of drug-likeness (QED) is 0.646. The van der Waals surface area contributed by atoms with Crippen LogP contribution in [0.1, 0.15) is 27.6 Å². The molecule has 0 spiro atoms. The number of thiophene rings is 1. The second-order valence-corrected chi connectivity index (χ2v) is 5.50. The highest BCUT2D eigenvalue weighted by atomic mass is 35.5. The first-order chi connectivity index (χ1) is 7.59. The number of benzene rings is 1. The number of alkyl halides is 1. The second-order valence-electron chi connectivity index (χ2n) is 3.88. The normalized spacial score (nSPS) is 12.8. The van der Waals surface area contributed by atoms with E-state index < -0.39 is 0 Å². The van der Waals surface area contributed by atoms with Crippen LogP contribution in [-0.4, -0.2) is 0 Å². The maximum absolute atomic E-state index is 6.42. The zero-order valence-electron chi connectivity index (χ0n) is 9.13. The predicted octanol–water partition coefficient (Wildman–Crippen LogP) is 5.35. The van der Waals surface area contributed by atoms with Gasteiger partial charge in [0.05, 0.1) is 5.38 Å². The van der Waals surface area contributed by atoms with Crippen LogP contribution in [-0.2, 0) is 0 Å². The third kappa shape index (κ3) is 2.27. The smallest absolute Gasteiger partial charge is 0.0857 e. The van der Waals surface area contributed by atoms with Gasteiger partial charge in [-0.25, -0.2) is 0 Å². The van der Waals surface area contributed by atoms with Crippen molar-refractivity contribution in [3.05, 3.63) is 56.2 Å². The Hall–Kier alpha value is -0.500. The highest BCUT2D eigenvalue weighted by Crippen LogP contribution is 2.35.